The molecule has 3 aromatic rings. The number of aromatic nitrogens is 1. The van der Waals surface area contributed by atoms with Gasteiger partial charge in [-0.2, -0.15) is 4.58 Å². The van der Waals surface area contributed by atoms with Crippen LogP contribution in [0.4, 0.5) is 11.4 Å². The summed E-state index contributed by atoms with van der Waals surface area (Å²) in [5.74, 6) is 0.319. The Labute approximate surface area is 197 Å². The molecule has 1 spiro atoms. The highest BCUT2D eigenvalue weighted by Crippen LogP contribution is 2.50. The molecule has 1 N–H and O–H groups in total. The third kappa shape index (κ3) is 3.26. The number of pyridine rings is 1. The number of benzene rings is 2. The molecule has 6 rings (SSSR count). The minimum Gasteiger partial charge on any atom is -0.481 e. The lowest BCUT2D eigenvalue weighted by molar-refractivity contribution is -0.488. The van der Waals surface area contributed by atoms with Gasteiger partial charge in [0.1, 0.15) is 6.10 Å². The Morgan fingerprint density at radius 3 is 2.56 bits per heavy atom. The van der Waals surface area contributed by atoms with Crippen molar-refractivity contribution < 1.29 is 18.8 Å². The summed E-state index contributed by atoms with van der Waals surface area (Å²) in [6, 6.07) is 24.1. The standard InChI is InChI=1S/C28H23N3O3/c1-33-25-13-12-20(17-29-25)30-27(32)26-22-18-31(21-10-6-3-7-11-21)24(16-19-8-4-2-5-9-19)28(22)15-14-23(26)34-28/h2-15,17-18,23-24H,16H2,1H3/p+1. The first kappa shape index (κ1) is 20.6. The van der Waals surface area contributed by atoms with Gasteiger partial charge in [0.15, 0.2) is 17.9 Å². The summed E-state index contributed by atoms with van der Waals surface area (Å²) < 4.78 is 13.9. The first-order valence-corrected chi connectivity index (χ1v) is 11.3. The highest BCUT2D eigenvalue weighted by atomic mass is 16.5. The molecule has 6 nitrogen and oxygen atoms in total. The van der Waals surface area contributed by atoms with Crippen LogP contribution in [0.1, 0.15) is 5.56 Å². The van der Waals surface area contributed by atoms with Crippen molar-refractivity contribution in [3.05, 3.63) is 108 Å². The molecule has 6 heteroatoms. The molecule has 2 bridgehead atoms. The lowest BCUT2D eigenvalue weighted by atomic mass is 9.82. The predicted octanol–water partition coefficient (Wildman–Crippen LogP) is 4.07. The van der Waals surface area contributed by atoms with Crippen molar-refractivity contribution in [1.82, 2.24) is 4.98 Å². The number of anilines is 1. The number of fused-ring (bicyclic) bond motifs is 1. The molecule has 3 aliphatic heterocycles. The number of para-hydroxylation sites is 1. The summed E-state index contributed by atoms with van der Waals surface area (Å²) in [6.07, 6.45) is 8.23. The van der Waals surface area contributed by atoms with E-state index in [1.807, 2.05) is 30.3 Å². The lowest BCUT2D eigenvalue weighted by Crippen LogP contribution is -2.43. The molecule has 0 aliphatic carbocycles. The third-order valence-electron chi connectivity index (χ3n) is 6.71. The van der Waals surface area contributed by atoms with E-state index < -0.39 is 5.60 Å². The Morgan fingerprint density at radius 1 is 1.09 bits per heavy atom. The van der Waals surface area contributed by atoms with Gasteiger partial charge in [0, 0.05) is 24.6 Å². The molecule has 0 fully saturated rings. The van der Waals surface area contributed by atoms with Gasteiger partial charge in [-0.3, -0.25) is 4.79 Å². The Balaban J connectivity index is 1.40. The van der Waals surface area contributed by atoms with Gasteiger partial charge < -0.3 is 14.8 Å². The number of rotatable bonds is 6. The van der Waals surface area contributed by atoms with Gasteiger partial charge in [-0.05, 0) is 17.7 Å². The quantitative estimate of drug-likeness (QED) is 0.454. The molecule has 34 heavy (non-hydrogen) atoms. The van der Waals surface area contributed by atoms with Crippen molar-refractivity contribution in [3.8, 4) is 5.88 Å². The van der Waals surface area contributed by atoms with Gasteiger partial charge in [-0.15, -0.1) is 0 Å². The molecule has 1 aromatic heterocycles. The number of methoxy groups -OCH3 is 1. The number of carbonyl (C=O) groups excluding carboxylic acids is 1. The van der Waals surface area contributed by atoms with E-state index in [1.54, 1.807) is 25.4 Å². The van der Waals surface area contributed by atoms with Crippen molar-refractivity contribution in [1.29, 1.82) is 0 Å². The normalized spacial score (nSPS) is 24.2. The second-order valence-electron chi connectivity index (χ2n) is 8.64. The van der Waals surface area contributed by atoms with E-state index in [1.165, 1.54) is 5.56 Å². The van der Waals surface area contributed by atoms with Gasteiger partial charge >= 0.3 is 0 Å². The molecule has 3 unspecified atom stereocenters. The monoisotopic (exact) mass is 450 g/mol. The van der Waals surface area contributed by atoms with Crippen LogP contribution >= 0.6 is 0 Å². The zero-order chi connectivity index (χ0) is 23.1. The third-order valence-corrected chi connectivity index (χ3v) is 6.71. The summed E-state index contributed by atoms with van der Waals surface area (Å²) in [4.78, 5) is 17.6. The molecule has 4 heterocycles. The maximum atomic E-state index is 13.4. The van der Waals surface area contributed by atoms with Crippen LogP contribution in [-0.4, -0.2) is 46.5 Å². The summed E-state index contributed by atoms with van der Waals surface area (Å²) in [6.45, 7) is 0. The zero-order valence-corrected chi connectivity index (χ0v) is 18.7. The van der Waals surface area contributed by atoms with Crippen LogP contribution in [0, 0.1) is 0 Å². The topological polar surface area (TPSA) is 63.5 Å². The Hall–Kier alpha value is -4.03. The fraction of sp³-hybridized carbons (Fsp3) is 0.179. The van der Waals surface area contributed by atoms with E-state index in [0.29, 0.717) is 17.1 Å². The van der Waals surface area contributed by atoms with Gasteiger partial charge in [0.2, 0.25) is 11.6 Å². The van der Waals surface area contributed by atoms with Crippen molar-refractivity contribution >= 4 is 23.5 Å². The first-order valence-electron chi connectivity index (χ1n) is 11.3. The number of ether oxygens (including phenoxy) is 2. The maximum absolute atomic E-state index is 13.4. The maximum Gasteiger partial charge on any atom is 0.255 e. The highest BCUT2D eigenvalue weighted by Gasteiger charge is 2.63. The molecule has 2 aromatic carbocycles. The fourth-order valence-corrected chi connectivity index (χ4v) is 5.13. The van der Waals surface area contributed by atoms with E-state index >= 15 is 0 Å². The van der Waals surface area contributed by atoms with Gasteiger partial charge in [-0.25, -0.2) is 4.98 Å². The Bertz CT molecular complexity index is 1330. The van der Waals surface area contributed by atoms with E-state index in [4.69, 9.17) is 9.47 Å². The summed E-state index contributed by atoms with van der Waals surface area (Å²) in [7, 11) is 1.56. The van der Waals surface area contributed by atoms with Gasteiger partial charge in [0.25, 0.3) is 5.91 Å². The Morgan fingerprint density at radius 2 is 1.85 bits per heavy atom. The van der Waals surface area contributed by atoms with E-state index in [2.05, 4.69) is 63.6 Å². The van der Waals surface area contributed by atoms with Crippen LogP contribution in [-0.2, 0) is 16.0 Å². The Kier molecular flexibility index (Phi) is 4.89. The smallest absolute Gasteiger partial charge is 0.255 e. The fourth-order valence-electron chi connectivity index (χ4n) is 5.13. The molecule has 3 atom stereocenters. The molecular weight excluding hydrogens is 426 g/mol. The minimum atomic E-state index is -0.665. The number of hydrogen-bond acceptors (Lipinski definition) is 4. The van der Waals surface area contributed by atoms with Crippen molar-refractivity contribution in [2.24, 2.45) is 0 Å². The largest absolute Gasteiger partial charge is 0.481 e. The minimum absolute atomic E-state index is 0.0125. The molecule has 0 saturated carbocycles. The second kappa shape index (κ2) is 8.08. The van der Waals surface area contributed by atoms with Crippen LogP contribution < -0.4 is 10.1 Å². The van der Waals surface area contributed by atoms with Gasteiger partial charge in [-0.1, -0.05) is 54.6 Å². The number of nitrogens with one attached hydrogen (secondary N) is 1. The van der Waals surface area contributed by atoms with Crippen LogP contribution in [0.5, 0.6) is 5.88 Å². The predicted molar refractivity (Wildman–Crippen MR) is 130 cm³/mol. The number of carbonyl (C=O) groups is 1. The molecule has 3 aliphatic rings. The lowest BCUT2D eigenvalue weighted by Gasteiger charge is -2.25. The zero-order valence-electron chi connectivity index (χ0n) is 18.7. The van der Waals surface area contributed by atoms with Crippen LogP contribution in [0.25, 0.3) is 0 Å². The number of hydrogen-bond donors (Lipinski definition) is 1. The van der Waals surface area contributed by atoms with Crippen LogP contribution in [0.15, 0.2) is 102 Å². The number of nitrogens with zero attached hydrogens (tertiary/aromatic N) is 2. The van der Waals surface area contributed by atoms with Gasteiger partial charge in [0.05, 0.1) is 30.1 Å². The summed E-state index contributed by atoms with van der Waals surface area (Å²) in [5.41, 5.74) is 3.80. The summed E-state index contributed by atoms with van der Waals surface area (Å²) >= 11 is 0. The van der Waals surface area contributed by atoms with E-state index in [9.17, 15) is 4.79 Å². The van der Waals surface area contributed by atoms with Crippen molar-refractivity contribution in [2.75, 3.05) is 12.4 Å². The second-order valence-corrected chi connectivity index (χ2v) is 8.64. The highest BCUT2D eigenvalue weighted by molar-refractivity contribution is 6.10. The van der Waals surface area contributed by atoms with E-state index in [0.717, 1.165) is 17.7 Å². The van der Waals surface area contributed by atoms with Crippen molar-refractivity contribution in [3.63, 3.8) is 0 Å². The molecule has 1 amide bonds. The average Bonchev–Trinajstić information content (AvgIpc) is 3.54. The molecule has 168 valence electrons. The molecule has 0 radical (unpaired) electrons. The SMILES string of the molecule is COc1ccc(NC(=O)C2=C3C=[N+](c4ccccc4)C(Cc4ccccc4)C34C=CC2O4)cn1. The average molecular weight is 451 g/mol. The van der Waals surface area contributed by atoms with Crippen molar-refractivity contribution in [2.45, 2.75) is 24.2 Å². The summed E-state index contributed by atoms with van der Waals surface area (Å²) in [5, 5.41) is 2.98. The molecule has 0 saturated heterocycles. The number of amides is 1. The van der Waals surface area contributed by atoms with Crippen LogP contribution in [0.2, 0.25) is 0 Å². The first-order chi connectivity index (χ1) is 16.7. The van der Waals surface area contributed by atoms with Crippen LogP contribution in [0.3, 0.4) is 0 Å². The van der Waals surface area contributed by atoms with E-state index in [-0.39, 0.29) is 18.1 Å². The molecular formula is C28H24N3O3+.